The summed E-state index contributed by atoms with van der Waals surface area (Å²) in [5.41, 5.74) is 0.777. The average molecular weight is 250 g/mol. The number of nitrogens with one attached hydrogen (secondary N) is 1. The van der Waals surface area contributed by atoms with Gasteiger partial charge in [0.2, 0.25) is 5.91 Å². The van der Waals surface area contributed by atoms with Crippen LogP contribution in [0.2, 0.25) is 0 Å². The highest BCUT2D eigenvalue weighted by molar-refractivity contribution is 7.13. The third-order valence-electron chi connectivity index (χ3n) is 2.08. The molecule has 0 aromatic carbocycles. The molecule has 17 heavy (non-hydrogen) atoms. The van der Waals surface area contributed by atoms with E-state index in [1.54, 1.807) is 6.26 Å². The zero-order valence-corrected chi connectivity index (χ0v) is 10.6. The normalized spacial score (nSPS) is 10.8. The Bertz CT molecular complexity index is 488. The first kappa shape index (κ1) is 11.9. The number of hydrogen-bond donors (Lipinski definition) is 1. The fourth-order valence-corrected chi connectivity index (χ4v) is 2.23. The van der Waals surface area contributed by atoms with E-state index in [-0.39, 0.29) is 11.9 Å². The Hall–Kier alpha value is -1.62. The van der Waals surface area contributed by atoms with Crippen molar-refractivity contribution in [2.24, 2.45) is 0 Å². The van der Waals surface area contributed by atoms with E-state index in [1.807, 2.05) is 31.4 Å². The number of rotatable bonds is 4. The lowest BCUT2D eigenvalue weighted by molar-refractivity contribution is -0.120. The second-order valence-corrected chi connectivity index (χ2v) is 4.88. The molecule has 0 radical (unpaired) electrons. The topological polar surface area (TPSA) is 55.1 Å². The van der Waals surface area contributed by atoms with Gasteiger partial charge in [-0.3, -0.25) is 4.79 Å². The maximum atomic E-state index is 11.5. The summed E-state index contributed by atoms with van der Waals surface area (Å²) in [5, 5.41) is 5.53. The Morgan fingerprint density at radius 1 is 1.59 bits per heavy atom. The average Bonchev–Trinajstić information content (AvgIpc) is 2.84. The van der Waals surface area contributed by atoms with E-state index in [0.29, 0.717) is 6.42 Å². The summed E-state index contributed by atoms with van der Waals surface area (Å²) in [5.74, 6) is 0.738. The van der Waals surface area contributed by atoms with E-state index in [9.17, 15) is 4.79 Å². The van der Waals surface area contributed by atoms with Gasteiger partial charge in [-0.15, -0.1) is 11.3 Å². The van der Waals surface area contributed by atoms with Crippen molar-refractivity contribution in [3.05, 3.63) is 29.5 Å². The third kappa shape index (κ3) is 3.17. The van der Waals surface area contributed by atoms with Gasteiger partial charge in [-0.05, 0) is 26.0 Å². The van der Waals surface area contributed by atoms with Crippen molar-refractivity contribution in [3.8, 4) is 10.8 Å². The highest BCUT2D eigenvalue weighted by atomic mass is 32.1. The van der Waals surface area contributed by atoms with Crippen LogP contribution in [0.1, 0.15) is 19.5 Å². The Balaban J connectivity index is 2.02. The number of aromatic nitrogens is 1. The number of thiazole rings is 1. The molecular weight excluding hydrogens is 236 g/mol. The van der Waals surface area contributed by atoms with Crippen LogP contribution in [0.25, 0.3) is 10.8 Å². The molecule has 0 aliphatic heterocycles. The van der Waals surface area contributed by atoms with E-state index in [0.717, 1.165) is 16.5 Å². The van der Waals surface area contributed by atoms with E-state index in [2.05, 4.69) is 10.3 Å². The molecule has 0 atom stereocenters. The molecule has 0 unspecified atom stereocenters. The zero-order chi connectivity index (χ0) is 12.3. The minimum atomic E-state index is -0.00343. The van der Waals surface area contributed by atoms with Crippen molar-refractivity contribution in [1.29, 1.82) is 0 Å². The summed E-state index contributed by atoms with van der Waals surface area (Å²) >= 11 is 1.48. The Labute approximate surface area is 104 Å². The maximum Gasteiger partial charge on any atom is 0.226 e. The first-order valence-corrected chi connectivity index (χ1v) is 6.31. The Morgan fingerprint density at radius 2 is 2.41 bits per heavy atom. The van der Waals surface area contributed by atoms with Crippen LogP contribution in [0.3, 0.4) is 0 Å². The minimum absolute atomic E-state index is 0.00343. The van der Waals surface area contributed by atoms with E-state index < -0.39 is 0 Å². The molecule has 0 fully saturated rings. The third-order valence-corrected chi connectivity index (χ3v) is 2.98. The molecule has 0 saturated carbocycles. The molecule has 0 bridgehead atoms. The van der Waals surface area contributed by atoms with Crippen molar-refractivity contribution < 1.29 is 9.21 Å². The van der Waals surface area contributed by atoms with Crippen LogP contribution < -0.4 is 5.32 Å². The lowest BCUT2D eigenvalue weighted by Gasteiger charge is -2.06. The zero-order valence-electron chi connectivity index (χ0n) is 9.77. The molecule has 2 rings (SSSR count). The summed E-state index contributed by atoms with van der Waals surface area (Å²) in [6.07, 6.45) is 1.93. The van der Waals surface area contributed by atoms with Gasteiger partial charge in [0, 0.05) is 11.4 Å². The van der Waals surface area contributed by atoms with E-state index in [4.69, 9.17) is 4.42 Å². The number of hydrogen-bond acceptors (Lipinski definition) is 4. The summed E-state index contributed by atoms with van der Waals surface area (Å²) in [6, 6.07) is 3.84. The van der Waals surface area contributed by atoms with Crippen LogP contribution >= 0.6 is 11.3 Å². The van der Waals surface area contributed by atoms with Crippen LogP contribution in [-0.4, -0.2) is 16.9 Å². The first-order chi connectivity index (χ1) is 8.15. The van der Waals surface area contributed by atoms with Crippen molar-refractivity contribution in [2.45, 2.75) is 26.3 Å². The number of carbonyl (C=O) groups is 1. The summed E-state index contributed by atoms with van der Waals surface area (Å²) in [4.78, 5) is 15.9. The second kappa shape index (κ2) is 5.14. The Morgan fingerprint density at radius 3 is 3.06 bits per heavy atom. The number of nitrogens with zero attached hydrogens (tertiary/aromatic N) is 1. The maximum absolute atomic E-state index is 11.5. The van der Waals surface area contributed by atoms with Crippen molar-refractivity contribution in [3.63, 3.8) is 0 Å². The first-order valence-electron chi connectivity index (χ1n) is 5.43. The molecule has 0 saturated heterocycles. The van der Waals surface area contributed by atoms with Gasteiger partial charge in [0.05, 0.1) is 18.4 Å². The van der Waals surface area contributed by atoms with Gasteiger partial charge < -0.3 is 9.73 Å². The van der Waals surface area contributed by atoms with Crippen LogP contribution in [0, 0.1) is 0 Å². The number of furan rings is 1. The molecule has 2 aromatic heterocycles. The fourth-order valence-electron chi connectivity index (χ4n) is 1.44. The molecule has 90 valence electrons. The standard InChI is InChI=1S/C12H14N2O2S/c1-8(2)13-11(15)6-9-7-17-12(14-9)10-4-3-5-16-10/h3-5,7-8H,6H2,1-2H3,(H,13,15). The fraction of sp³-hybridized carbons (Fsp3) is 0.333. The van der Waals surface area contributed by atoms with Gasteiger partial charge in [-0.25, -0.2) is 4.98 Å². The van der Waals surface area contributed by atoms with Crippen molar-refractivity contribution in [2.75, 3.05) is 0 Å². The summed E-state index contributed by atoms with van der Waals surface area (Å²) in [7, 11) is 0. The van der Waals surface area contributed by atoms with Crippen LogP contribution in [0.4, 0.5) is 0 Å². The number of amides is 1. The van der Waals surface area contributed by atoms with Crippen LogP contribution in [-0.2, 0) is 11.2 Å². The smallest absolute Gasteiger partial charge is 0.226 e. The molecule has 2 aromatic rings. The van der Waals surface area contributed by atoms with Gasteiger partial charge in [-0.2, -0.15) is 0 Å². The van der Waals surface area contributed by atoms with Gasteiger partial charge in [0.25, 0.3) is 0 Å². The predicted octanol–water partition coefficient (Wildman–Crippen LogP) is 2.47. The van der Waals surface area contributed by atoms with E-state index in [1.165, 1.54) is 11.3 Å². The lowest BCUT2D eigenvalue weighted by Crippen LogP contribution is -2.31. The van der Waals surface area contributed by atoms with Gasteiger partial charge >= 0.3 is 0 Å². The summed E-state index contributed by atoms with van der Waals surface area (Å²) in [6.45, 7) is 3.88. The highest BCUT2D eigenvalue weighted by Crippen LogP contribution is 2.23. The molecule has 4 nitrogen and oxygen atoms in total. The molecule has 2 heterocycles. The monoisotopic (exact) mass is 250 g/mol. The largest absolute Gasteiger partial charge is 0.462 e. The highest BCUT2D eigenvalue weighted by Gasteiger charge is 2.10. The Kier molecular flexibility index (Phi) is 3.58. The van der Waals surface area contributed by atoms with Crippen molar-refractivity contribution >= 4 is 17.2 Å². The quantitative estimate of drug-likeness (QED) is 0.907. The van der Waals surface area contributed by atoms with Crippen LogP contribution in [0.5, 0.6) is 0 Å². The van der Waals surface area contributed by atoms with Gasteiger partial charge in [0.1, 0.15) is 0 Å². The summed E-state index contributed by atoms with van der Waals surface area (Å²) < 4.78 is 5.25. The number of carbonyl (C=O) groups excluding carboxylic acids is 1. The minimum Gasteiger partial charge on any atom is -0.462 e. The predicted molar refractivity (Wildman–Crippen MR) is 66.8 cm³/mol. The van der Waals surface area contributed by atoms with E-state index >= 15 is 0 Å². The molecule has 0 aliphatic rings. The molecule has 1 N–H and O–H groups in total. The molecule has 1 amide bonds. The molecular formula is C12H14N2O2S. The van der Waals surface area contributed by atoms with Gasteiger partial charge in [0.15, 0.2) is 10.8 Å². The van der Waals surface area contributed by atoms with Crippen LogP contribution in [0.15, 0.2) is 28.2 Å². The molecule has 0 aliphatic carbocycles. The molecule has 5 heteroatoms. The van der Waals surface area contributed by atoms with Crippen molar-refractivity contribution in [1.82, 2.24) is 10.3 Å². The second-order valence-electron chi connectivity index (χ2n) is 4.02. The molecule has 0 spiro atoms. The van der Waals surface area contributed by atoms with Gasteiger partial charge in [-0.1, -0.05) is 0 Å². The SMILES string of the molecule is CC(C)NC(=O)Cc1csc(-c2ccco2)n1. The lowest BCUT2D eigenvalue weighted by atomic mass is 10.3.